The van der Waals surface area contributed by atoms with Gasteiger partial charge in [-0.3, -0.25) is 9.36 Å². The molecule has 3 aromatic rings. The van der Waals surface area contributed by atoms with Gasteiger partial charge in [0.2, 0.25) is 5.28 Å². The van der Waals surface area contributed by atoms with E-state index in [0.29, 0.717) is 21.6 Å². The summed E-state index contributed by atoms with van der Waals surface area (Å²) in [4.78, 5) is 16.7. The number of hydrogen-bond donors (Lipinski definition) is 0. The van der Waals surface area contributed by atoms with E-state index >= 15 is 0 Å². The molecule has 0 saturated carbocycles. The summed E-state index contributed by atoms with van der Waals surface area (Å²) in [5.74, 6) is 0. The summed E-state index contributed by atoms with van der Waals surface area (Å²) in [6.07, 6.45) is 0. The number of nitrogens with zero attached hydrogens (tertiary/aromatic N) is 2. The molecule has 0 atom stereocenters. The molecule has 0 fully saturated rings. The second-order valence-electron chi connectivity index (χ2n) is 4.02. The maximum absolute atomic E-state index is 12.5. The first-order chi connectivity index (χ1) is 9.16. The summed E-state index contributed by atoms with van der Waals surface area (Å²) in [5, 5.41) is 1.07. The van der Waals surface area contributed by atoms with Gasteiger partial charge in [0.15, 0.2) is 0 Å². The Hall–Kier alpha value is -1.84. The minimum atomic E-state index is -0.233. The summed E-state index contributed by atoms with van der Waals surface area (Å²) in [7, 11) is 0. The third-order valence-electron chi connectivity index (χ3n) is 2.80. The largest absolute Gasteiger partial charge is 0.268 e. The number of aromatic nitrogens is 2. The van der Waals surface area contributed by atoms with Crippen molar-refractivity contribution in [3.63, 3.8) is 0 Å². The van der Waals surface area contributed by atoms with E-state index in [2.05, 4.69) is 4.98 Å². The van der Waals surface area contributed by atoms with Gasteiger partial charge in [-0.2, -0.15) is 0 Å². The molecular formula is C14H8Cl2N2O. The second-order valence-corrected chi connectivity index (χ2v) is 4.79. The summed E-state index contributed by atoms with van der Waals surface area (Å²) in [6.45, 7) is 0. The van der Waals surface area contributed by atoms with Crippen molar-refractivity contribution in [2.75, 3.05) is 0 Å². The molecule has 1 aromatic heterocycles. The van der Waals surface area contributed by atoms with Gasteiger partial charge in [-0.25, -0.2) is 4.98 Å². The summed E-state index contributed by atoms with van der Waals surface area (Å²) in [6, 6.07) is 14.1. The maximum Gasteiger partial charge on any atom is 0.266 e. The Morgan fingerprint density at radius 3 is 2.47 bits per heavy atom. The molecule has 3 rings (SSSR count). The zero-order chi connectivity index (χ0) is 13.4. The molecule has 0 aliphatic heterocycles. The molecule has 0 aliphatic carbocycles. The van der Waals surface area contributed by atoms with Crippen LogP contribution in [0.2, 0.25) is 10.3 Å². The van der Waals surface area contributed by atoms with Crippen LogP contribution in [0.5, 0.6) is 0 Å². The average Bonchev–Trinajstić information content (AvgIpc) is 2.41. The predicted molar refractivity (Wildman–Crippen MR) is 77.4 cm³/mol. The van der Waals surface area contributed by atoms with Crippen molar-refractivity contribution in [3.05, 3.63) is 69.2 Å². The lowest BCUT2D eigenvalue weighted by Gasteiger charge is -2.09. The molecule has 2 aromatic carbocycles. The Morgan fingerprint density at radius 1 is 1.00 bits per heavy atom. The van der Waals surface area contributed by atoms with Crippen molar-refractivity contribution >= 4 is 34.1 Å². The van der Waals surface area contributed by atoms with Gasteiger partial charge in [0.25, 0.3) is 5.56 Å². The third kappa shape index (κ3) is 2.11. The van der Waals surface area contributed by atoms with Crippen LogP contribution in [0.3, 0.4) is 0 Å². The molecule has 3 nitrogen and oxygen atoms in total. The van der Waals surface area contributed by atoms with Gasteiger partial charge in [-0.1, -0.05) is 29.8 Å². The Labute approximate surface area is 119 Å². The summed E-state index contributed by atoms with van der Waals surface area (Å²) >= 11 is 12.0. The fraction of sp³-hybridized carbons (Fsp3) is 0. The lowest BCUT2D eigenvalue weighted by Crippen LogP contribution is -2.20. The predicted octanol–water partition coefficient (Wildman–Crippen LogP) is 3.69. The highest BCUT2D eigenvalue weighted by Crippen LogP contribution is 2.19. The van der Waals surface area contributed by atoms with E-state index in [0.717, 1.165) is 0 Å². The maximum atomic E-state index is 12.5. The highest BCUT2D eigenvalue weighted by molar-refractivity contribution is 6.31. The van der Waals surface area contributed by atoms with Crippen LogP contribution in [0.15, 0.2) is 53.3 Å². The molecule has 94 valence electrons. The molecule has 0 aliphatic rings. The molecule has 0 spiro atoms. The Balaban J connectivity index is 2.41. The fourth-order valence-corrected chi connectivity index (χ4v) is 2.37. The van der Waals surface area contributed by atoms with Gasteiger partial charge in [-0.15, -0.1) is 0 Å². The Kier molecular flexibility index (Phi) is 3.01. The van der Waals surface area contributed by atoms with Crippen molar-refractivity contribution in [2.24, 2.45) is 0 Å². The normalized spacial score (nSPS) is 10.8. The standard InChI is InChI=1S/C14H8Cl2N2O/c15-9-6-7-12-11(8-9)13(19)18(14(16)17-12)10-4-2-1-3-5-10/h1-8H. The first kappa shape index (κ1) is 12.2. The van der Waals surface area contributed by atoms with Crippen molar-refractivity contribution in [2.45, 2.75) is 0 Å². The van der Waals surface area contributed by atoms with Crippen LogP contribution in [0.1, 0.15) is 0 Å². The number of benzene rings is 2. The van der Waals surface area contributed by atoms with Crippen LogP contribution in [-0.2, 0) is 0 Å². The van der Waals surface area contributed by atoms with Gasteiger partial charge in [0, 0.05) is 5.02 Å². The number of fused-ring (bicyclic) bond motifs is 1. The van der Waals surface area contributed by atoms with E-state index < -0.39 is 0 Å². The van der Waals surface area contributed by atoms with Crippen LogP contribution in [-0.4, -0.2) is 9.55 Å². The van der Waals surface area contributed by atoms with Gasteiger partial charge < -0.3 is 0 Å². The van der Waals surface area contributed by atoms with Gasteiger partial charge in [-0.05, 0) is 41.9 Å². The molecule has 19 heavy (non-hydrogen) atoms. The third-order valence-corrected chi connectivity index (χ3v) is 3.29. The fourth-order valence-electron chi connectivity index (χ4n) is 1.93. The zero-order valence-electron chi connectivity index (χ0n) is 9.68. The molecule has 1 heterocycles. The first-order valence-electron chi connectivity index (χ1n) is 5.60. The second kappa shape index (κ2) is 4.68. The molecule has 0 radical (unpaired) electrons. The summed E-state index contributed by atoms with van der Waals surface area (Å²) < 4.78 is 1.36. The minimum absolute atomic E-state index is 0.131. The molecule has 5 heteroatoms. The van der Waals surface area contributed by atoms with Crippen molar-refractivity contribution in [1.29, 1.82) is 0 Å². The SMILES string of the molecule is O=c1c2cc(Cl)ccc2nc(Cl)n1-c1ccccc1. The van der Waals surface area contributed by atoms with E-state index in [-0.39, 0.29) is 10.8 Å². The monoisotopic (exact) mass is 290 g/mol. The Bertz CT molecular complexity index is 813. The van der Waals surface area contributed by atoms with Crippen LogP contribution < -0.4 is 5.56 Å². The highest BCUT2D eigenvalue weighted by atomic mass is 35.5. The molecule has 0 saturated heterocycles. The number of hydrogen-bond acceptors (Lipinski definition) is 2. The lowest BCUT2D eigenvalue weighted by atomic mass is 10.2. The number of para-hydroxylation sites is 1. The number of halogens is 2. The summed E-state index contributed by atoms with van der Waals surface area (Å²) in [5.41, 5.74) is 0.974. The van der Waals surface area contributed by atoms with Crippen molar-refractivity contribution < 1.29 is 0 Å². The van der Waals surface area contributed by atoms with E-state index in [4.69, 9.17) is 23.2 Å². The highest BCUT2D eigenvalue weighted by Gasteiger charge is 2.11. The smallest absolute Gasteiger partial charge is 0.266 e. The molecule has 0 unspecified atom stereocenters. The first-order valence-corrected chi connectivity index (χ1v) is 6.35. The van der Waals surface area contributed by atoms with E-state index in [1.807, 2.05) is 18.2 Å². The molecule has 0 bridgehead atoms. The van der Waals surface area contributed by atoms with Gasteiger partial charge in [0.1, 0.15) is 0 Å². The van der Waals surface area contributed by atoms with Crippen molar-refractivity contribution in [1.82, 2.24) is 9.55 Å². The zero-order valence-corrected chi connectivity index (χ0v) is 11.2. The van der Waals surface area contributed by atoms with Crippen molar-refractivity contribution in [3.8, 4) is 5.69 Å². The van der Waals surface area contributed by atoms with E-state index in [9.17, 15) is 4.79 Å². The van der Waals surface area contributed by atoms with Gasteiger partial charge in [0.05, 0.1) is 16.6 Å². The molecule has 0 amide bonds. The lowest BCUT2D eigenvalue weighted by molar-refractivity contribution is 0.964. The van der Waals surface area contributed by atoms with Crippen LogP contribution >= 0.6 is 23.2 Å². The quantitative estimate of drug-likeness (QED) is 0.641. The Morgan fingerprint density at radius 2 is 1.74 bits per heavy atom. The minimum Gasteiger partial charge on any atom is -0.268 e. The van der Waals surface area contributed by atoms with E-state index in [1.54, 1.807) is 30.3 Å². The van der Waals surface area contributed by atoms with Crippen LogP contribution in [0.25, 0.3) is 16.6 Å². The van der Waals surface area contributed by atoms with Gasteiger partial charge >= 0.3 is 0 Å². The van der Waals surface area contributed by atoms with Crippen LogP contribution in [0, 0.1) is 0 Å². The van der Waals surface area contributed by atoms with Crippen LogP contribution in [0.4, 0.5) is 0 Å². The number of rotatable bonds is 1. The van der Waals surface area contributed by atoms with E-state index in [1.165, 1.54) is 4.57 Å². The average molecular weight is 291 g/mol. The topological polar surface area (TPSA) is 34.9 Å². The molecule has 0 N–H and O–H groups in total. The molecular weight excluding hydrogens is 283 g/mol.